The van der Waals surface area contributed by atoms with Crippen LogP contribution in [0.15, 0.2) is 28.7 Å². The molecule has 3 nitrogen and oxygen atoms in total. The molecule has 1 unspecified atom stereocenters. The van der Waals surface area contributed by atoms with E-state index < -0.39 is 5.60 Å². The fourth-order valence-electron chi connectivity index (χ4n) is 2.57. The molecule has 114 valence electrons. The van der Waals surface area contributed by atoms with Gasteiger partial charge in [-0.3, -0.25) is 4.68 Å². The fraction of sp³-hybridized carbons (Fsp3) is 0.471. The van der Waals surface area contributed by atoms with Crippen LogP contribution in [0.3, 0.4) is 0 Å². The summed E-state index contributed by atoms with van der Waals surface area (Å²) < 4.78 is 2.95. The van der Waals surface area contributed by atoms with Gasteiger partial charge < -0.3 is 5.11 Å². The van der Waals surface area contributed by atoms with Gasteiger partial charge in [-0.2, -0.15) is 5.10 Å². The van der Waals surface area contributed by atoms with Gasteiger partial charge in [0.15, 0.2) is 0 Å². The van der Waals surface area contributed by atoms with Crippen LogP contribution >= 0.6 is 15.9 Å². The molecule has 1 aromatic carbocycles. The van der Waals surface area contributed by atoms with Crippen LogP contribution in [0.5, 0.6) is 0 Å². The summed E-state index contributed by atoms with van der Waals surface area (Å²) in [6, 6.07) is 8.21. The Bertz CT molecular complexity index is 614. The monoisotopic (exact) mass is 350 g/mol. The van der Waals surface area contributed by atoms with Crippen LogP contribution in [-0.2, 0) is 25.0 Å². The van der Waals surface area contributed by atoms with Crippen molar-refractivity contribution in [3.63, 3.8) is 0 Å². The van der Waals surface area contributed by atoms with Crippen molar-refractivity contribution in [2.24, 2.45) is 0 Å². The zero-order valence-corrected chi connectivity index (χ0v) is 14.7. The SMILES string of the molecule is CCc1ccc(C(C)(O)Cc2c(Br)c(C)nn2CC)cc1. The highest BCUT2D eigenvalue weighted by Crippen LogP contribution is 2.30. The first kappa shape index (κ1) is 16.2. The van der Waals surface area contributed by atoms with E-state index in [1.165, 1.54) is 5.56 Å². The minimum atomic E-state index is -0.909. The summed E-state index contributed by atoms with van der Waals surface area (Å²) in [5, 5.41) is 15.4. The van der Waals surface area contributed by atoms with Crippen molar-refractivity contribution in [1.82, 2.24) is 9.78 Å². The second kappa shape index (κ2) is 6.32. The van der Waals surface area contributed by atoms with E-state index in [1.807, 2.05) is 30.7 Å². The average Bonchev–Trinajstić information content (AvgIpc) is 2.74. The molecule has 0 amide bonds. The molecule has 1 N–H and O–H groups in total. The molecule has 1 heterocycles. The second-order valence-electron chi connectivity index (χ2n) is 5.66. The summed E-state index contributed by atoms with van der Waals surface area (Å²) in [6.07, 6.45) is 1.55. The summed E-state index contributed by atoms with van der Waals surface area (Å²) in [4.78, 5) is 0. The zero-order valence-electron chi connectivity index (χ0n) is 13.2. The van der Waals surface area contributed by atoms with E-state index >= 15 is 0 Å². The van der Waals surface area contributed by atoms with Crippen molar-refractivity contribution < 1.29 is 5.11 Å². The molecule has 0 aliphatic rings. The van der Waals surface area contributed by atoms with Gasteiger partial charge in [0.05, 0.1) is 21.5 Å². The maximum Gasteiger partial charge on any atom is 0.0924 e. The molecule has 1 atom stereocenters. The molecule has 0 saturated carbocycles. The lowest BCUT2D eigenvalue weighted by Gasteiger charge is -2.24. The van der Waals surface area contributed by atoms with Gasteiger partial charge in [0.25, 0.3) is 0 Å². The van der Waals surface area contributed by atoms with E-state index in [-0.39, 0.29) is 0 Å². The van der Waals surface area contributed by atoms with E-state index in [9.17, 15) is 5.11 Å². The number of rotatable bonds is 5. The van der Waals surface area contributed by atoms with Gasteiger partial charge >= 0.3 is 0 Å². The van der Waals surface area contributed by atoms with Gasteiger partial charge in [0.2, 0.25) is 0 Å². The maximum atomic E-state index is 10.9. The summed E-state index contributed by atoms with van der Waals surface area (Å²) in [5.41, 5.74) is 3.32. The number of benzene rings is 1. The summed E-state index contributed by atoms with van der Waals surface area (Å²) in [5.74, 6) is 0. The van der Waals surface area contributed by atoms with E-state index in [1.54, 1.807) is 0 Å². The average molecular weight is 351 g/mol. The van der Waals surface area contributed by atoms with Gasteiger partial charge in [-0.1, -0.05) is 31.2 Å². The largest absolute Gasteiger partial charge is 0.385 e. The molecule has 0 aliphatic carbocycles. The number of hydrogen-bond acceptors (Lipinski definition) is 2. The molecule has 0 saturated heterocycles. The molecular weight excluding hydrogens is 328 g/mol. The Morgan fingerprint density at radius 1 is 1.24 bits per heavy atom. The lowest BCUT2D eigenvalue weighted by Crippen LogP contribution is -2.26. The van der Waals surface area contributed by atoms with E-state index in [0.717, 1.165) is 34.4 Å². The molecule has 0 radical (unpaired) electrons. The van der Waals surface area contributed by atoms with Crippen LogP contribution in [-0.4, -0.2) is 14.9 Å². The molecular formula is C17H23BrN2O. The number of hydrogen-bond donors (Lipinski definition) is 1. The number of halogens is 1. The molecule has 4 heteroatoms. The van der Waals surface area contributed by atoms with Crippen molar-refractivity contribution >= 4 is 15.9 Å². The first-order valence-electron chi connectivity index (χ1n) is 7.42. The maximum absolute atomic E-state index is 10.9. The molecule has 0 fully saturated rings. The van der Waals surface area contributed by atoms with Crippen molar-refractivity contribution in [2.75, 3.05) is 0 Å². The predicted molar refractivity (Wildman–Crippen MR) is 89.4 cm³/mol. The van der Waals surface area contributed by atoms with Crippen LogP contribution < -0.4 is 0 Å². The summed E-state index contributed by atoms with van der Waals surface area (Å²) >= 11 is 3.60. The Labute approximate surface area is 135 Å². The fourth-order valence-corrected chi connectivity index (χ4v) is 2.99. The number of aromatic nitrogens is 2. The summed E-state index contributed by atoms with van der Waals surface area (Å²) in [7, 11) is 0. The molecule has 0 bridgehead atoms. The van der Waals surface area contributed by atoms with Crippen LogP contribution in [0.2, 0.25) is 0 Å². The Morgan fingerprint density at radius 2 is 1.86 bits per heavy atom. The topological polar surface area (TPSA) is 38.1 Å². The molecule has 2 rings (SSSR count). The Hall–Kier alpha value is -1.13. The van der Waals surface area contributed by atoms with Crippen molar-refractivity contribution in [2.45, 2.75) is 52.7 Å². The van der Waals surface area contributed by atoms with Gasteiger partial charge in [-0.15, -0.1) is 0 Å². The smallest absolute Gasteiger partial charge is 0.0924 e. The minimum Gasteiger partial charge on any atom is -0.385 e. The highest BCUT2D eigenvalue weighted by molar-refractivity contribution is 9.10. The molecule has 0 aliphatic heterocycles. The first-order chi connectivity index (χ1) is 9.89. The van der Waals surface area contributed by atoms with Gasteiger partial charge in [0, 0.05) is 13.0 Å². The van der Waals surface area contributed by atoms with E-state index in [0.29, 0.717) is 6.42 Å². The minimum absolute atomic E-state index is 0.535. The van der Waals surface area contributed by atoms with Crippen molar-refractivity contribution in [1.29, 1.82) is 0 Å². The van der Waals surface area contributed by atoms with Gasteiger partial charge in [-0.05, 0) is 54.2 Å². The first-order valence-corrected chi connectivity index (χ1v) is 8.22. The molecule has 21 heavy (non-hydrogen) atoms. The van der Waals surface area contributed by atoms with Crippen molar-refractivity contribution in [3.05, 3.63) is 51.3 Å². The van der Waals surface area contributed by atoms with Crippen molar-refractivity contribution in [3.8, 4) is 0 Å². The normalized spacial score (nSPS) is 14.2. The highest BCUT2D eigenvalue weighted by Gasteiger charge is 2.27. The van der Waals surface area contributed by atoms with Gasteiger partial charge in [-0.25, -0.2) is 0 Å². The molecule has 1 aromatic heterocycles. The Kier molecular flexibility index (Phi) is 4.89. The quantitative estimate of drug-likeness (QED) is 0.885. The number of aryl methyl sites for hydroxylation is 3. The summed E-state index contributed by atoms with van der Waals surface area (Å²) in [6.45, 7) is 8.83. The van der Waals surface area contributed by atoms with Crippen LogP contribution in [0.25, 0.3) is 0 Å². The predicted octanol–water partition coefficient (Wildman–Crippen LogP) is 3.99. The van der Waals surface area contributed by atoms with Gasteiger partial charge in [0.1, 0.15) is 0 Å². The molecule has 0 spiro atoms. The van der Waals surface area contributed by atoms with E-state index in [2.05, 4.69) is 47.0 Å². The molecule has 2 aromatic rings. The third-order valence-electron chi connectivity index (χ3n) is 3.95. The second-order valence-corrected chi connectivity index (χ2v) is 6.46. The highest BCUT2D eigenvalue weighted by atomic mass is 79.9. The van der Waals surface area contributed by atoms with Crippen LogP contribution in [0.1, 0.15) is 43.3 Å². The lowest BCUT2D eigenvalue weighted by molar-refractivity contribution is 0.0552. The number of aliphatic hydroxyl groups is 1. The van der Waals surface area contributed by atoms with E-state index in [4.69, 9.17) is 0 Å². The zero-order chi connectivity index (χ0) is 15.6. The third kappa shape index (κ3) is 3.38. The third-order valence-corrected chi connectivity index (χ3v) is 4.98. The van der Waals surface area contributed by atoms with Crippen LogP contribution in [0, 0.1) is 6.92 Å². The lowest BCUT2D eigenvalue weighted by atomic mass is 9.90. The standard InChI is InChI=1S/C17H23BrN2O/c1-5-13-7-9-14(10-8-13)17(4,21)11-15-16(18)12(3)19-20(15)6-2/h7-10,21H,5-6,11H2,1-4H3. The Morgan fingerprint density at radius 3 is 2.38 bits per heavy atom. The van der Waals surface area contributed by atoms with Crippen LogP contribution in [0.4, 0.5) is 0 Å². The number of nitrogens with zero attached hydrogens (tertiary/aromatic N) is 2. The Balaban J connectivity index is 2.32.